The summed E-state index contributed by atoms with van der Waals surface area (Å²) in [6.45, 7) is 4.20. The van der Waals surface area contributed by atoms with Crippen LogP contribution in [0.15, 0.2) is 0 Å². The van der Waals surface area contributed by atoms with Crippen LogP contribution in [0.3, 0.4) is 0 Å². The van der Waals surface area contributed by atoms with Gasteiger partial charge in [0.1, 0.15) is 0 Å². The highest BCUT2D eigenvalue weighted by atomic mass is 35.5. The first-order valence-electron chi connectivity index (χ1n) is 7.74. The Morgan fingerprint density at radius 2 is 1.79 bits per heavy atom. The van der Waals surface area contributed by atoms with Crippen molar-refractivity contribution >= 4 is 18.3 Å². The Hall–Kier alpha value is -0.280. The van der Waals surface area contributed by atoms with Gasteiger partial charge in [-0.25, -0.2) is 0 Å². The molecule has 0 aromatic heterocycles. The van der Waals surface area contributed by atoms with Crippen LogP contribution in [-0.2, 0) is 4.79 Å². The summed E-state index contributed by atoms with van der Waals surface area (Å²) in [7, 11) is 0. The van der Waals surface area contributed by atoms with Gasteiger partial charge < -0.3 is 10.6 Å². The first-order chi connectivity index (χ1) is 8.70. The van der Waals surface area contributed by atoms with E-state index < -0.39 is 0 Å². The van der Waals surface area contributed by atoms with E-state index >= 15 is 0 Å². The number of amides is 1. The summed E-state index contributed by atoms with van der Waals surface area (Å²) < 4.78 is 0. The normalized spacial score (nSPS) is 28.8. The molecular formula is C15H29ClN2O. The average molecular weight is 289 g/mol. The summed E-state index contributed by atoms with van der Waals surface area (Å²) in [6, 6.07) is 0.260. The van der Waals surface area contributed by atoms with Gasteiger partial charge in [-0.3, -0.25) is 4.79 Å². The molecule has 2 unspecified atom stereocenters. The van der Waals surface area contributed by atoms with Crippen molar-refractivity contribution in [2.45, 2.75) is 64.3 Å². The Bertz CT molecular complexity index is 277. The minimum absolute atomic E-state index is 0. The molecule has 0 bridgehead atoms. The maximum absolute atomic E-state index is 12.3. The van der Waals surface area contributed by atoms with Crippen LogP contribution in [0.4, 0.5) is 0 Å². The van der Waals surface area contributed by atoms with Crippen molar-refractivity contribution < 1.29 is 4.79 Å². The first kappa shape index (κ1) is 16.8. The molecule has 3 nitrogen and oxygen atoms in total. The van der Waals surface area contributed by atoms with Gasteiger partial charge in [-0.1, -0.05) is 26.2 Å². The molecule has 1 heterocycles. The van der Waals surface area contributed by atoms with Crippen molar-refractivity contribution in [3.63, 3.8) is 0 Å². The molecule has 1 aliphatic heterocycles. The standard InChI is InChI=1S/C15H28N2O.ClH/c1-2-12-7-9-17(10-8-12)15(18)11-13-5-3-4-6-14(13)16;/h12-14H,2-11,16H2,1H3;1H. The summed E-state index contributed by atoms with van der Waals surface area (Å²) in [5, 5.41) is 0. The maximum Gasteiger partial charge on any atom is 0.222 e. The number of nitrogens with zero attached hydrogens (tertiary/aromatic N) is 1. The lowest BCUT2D eigenvalue weighted by Crippen LogP contribution is -2.42. The van der Waals surface area contributed by atoms with Gasteiger partial charge in [0.2, 0.25) is 5.91 Å². The molecule has 0 spiro atoms. The van der Waals surface area contributed by atoms with Crippen molar-refractivity contribution in [3.05, 3.63) is 0 Å². The van der Waals surface area contributed by atoms with E-state index in [1.54, 1.807) is 0 Å². The molecule has 19 heavy (non-hydrogen) atoms. The van der Waals surface area contributed by atoms with E-state index in [-0.39, 0.29) is 18.4 Å². The number of hydrogen-bond donors (Lipinski definition) is 1. The molecule has 1 saturated heterocycles. The van der Waals surface area contributed by atoms with Crippen LogP contribution < -0.4 is 5.73 Å². The van der Waals surface area contributed by atoms with Crippen LogP contribution in [0.1, 0.15) is 58.3 Å². The Kier molecular flexibility index (Phi) is 7.16. The number of likely N-dealkylation sites (tertiary alicyclic amines) is 1. The van der Waals surface area contributed by atoms with Gasteiger partial charge in [0.25, 0.3) is 0 Å². The van der Waals surface area contributed by atoms with Crippen LogP contribution >= 0.6 is 12.4 Å². The van der Waals surface area contributed by atoms with Crippen molar-refractivity contribution in [2.75, 3.05) is 13.1 Å². The fourth-order valence-electron chi connectivity index (χ4n) is 3.43. The van der Waals surface area contributed by atoms with E-state index in [9.17, 15) is 4.79 Å². The summed E-state index contributed by atoms with van der Waals surface area (Å²) in [5.41, 5.74) is 6.13. The predicted octanol–water partition coefficient (Wildman–Crippen LogP) is 2.96. The molecule has 2 aliphatic rings. The second-order valence-electron chi connectivity index (χ2n) is 6.14. The Balaban J connectivity index is 0.00000180. The van der Waals surface area contributed by atoms with E-state index in [1.807, 2.05) is 0 Å². The molecule has 4 heteroatoms. The number of rotatable bonds is 3. The molecule has 1 amide bonds. The van der Waals surface area contributed by atoms with Crippen molar-refractivity contribution in [1.29, 1.82) is 0 Å². The number of nitrogens with two attached hydrogens (primary N) is 1. The molecule has 2 N–H and O–H groups in total. The van der Waals surface area contributed by atoms with E-state index in [4.69, 9.17) is 5.73 Å². The topological polar surface area (TPSA) is 46.3 Å². The zero-order valence-corrected chi connectivity index (χ0v) is 13.0. The molecule has 2 atom stereocenters. The highest BCUT2D eigenvalue weighted by molar-refractivity contribution is 5.85. The maximum atomic E-state index is 12.3. The second-order valence-corrected chi connectivity index (χ2v) is 6.14. The minimum atomic E-state index is 0. The molecule has 1 saturated carbocycles. The molecule has 0 radical (unpaired) electrons. The number of carbonyl (C=O) groups is 1. The SMILES string of the molecule is CCC1CCN(C(=O)CC2CCCCC2N)CC1.Cl. The van der Waals surface area contributed by atoms with Crippen molar-refractivity contribution in [3.8, 4) is 0 Å². The largest absolute Gasteiger partial charge is 0.343 e. The fraction of sp³-hybridized carbons (Fsp3) is 0.933. The summed E-state index contributed by atoms with van der Waals surface area (Å²) in [5.74, 6) is 1.63. The van der Waals surface area contributed by atoms with Gasteiger partial charge in [-0.05, 0) is 37.5 Å². The van der Waals surface area contributed by atoms with E-state index in [2.05, 4.69) is 11.8 Å². The molecule has 0 aromatic carbocycles. The smallest absolute Gasteiger partial charge is 0.222 e. The number of piperidine rings is 1. The zero-order chi connectivity index (χ0) is 13.0. The molecule has 112 valence electrons. The number of carbonyl (C=O) groups excluding carboxylic acids is 1. The second kappa shape index (κ2) is 8.11. The third kappa shape index (κ3) is 4.64. The van der Waals surface area contributed by atoms with Gasteiger partial charge in [0.05, 0.1) is 0 Å². The Labute approximate surface area is 123 Å². The van der Waals surface area contributed by atoms with Crippen LogP contribution in [-0.4, -0.2) is 29.9 Å². The minimum Gasteiger partial charge on any atom is -0.343 e. The van der Waals surface area contributed by atoms with E-state index in [1.165, 1.54) is 32.1 Å². The van der Waals surface area contributed by atoms with Crippen LogP contribution in [0.25, 0.3) is 0 Å². The summed E-state index contributed by atoms with van der Waals surface area (Å²) >= 11 is 0. The lowest BCUT2D eigenvalue weighted by molar-refractivity contribution is -0.134. The van der Waals surface area contributed by atoms with Crippen molar-refractivity contribution in [2.24, 2.45) is 17.6 Å². The number of halogens is 1. The van der Waals surface area contributed by atoms with Crippen molar-refractivity contribution in [1.82, 2.24) is 4.90 Å². The monoisotopic (exact) mass is 288 g/mol. The lowest BCUT2D eigenvalue weighted by atomic mass is 9.82. The molecule has 2 fully saturated rings. The van der Waals surface area contributed by atoms with Gasteiger partial charge in [-0.15, -0.1) is 12.4 Å². The van der Waals surface area contributed by atoms with Crippen LogP contribution in [0.2, 0.25) is 0 Å². The first-order valence-corrected chi connectivity index (χ1v) is 7.74. The van der Waals surface area contributed by atoms with E-state index in [0.29, 0.717) is 18.2 Å². The lowest BCUT2D eigenvalue weighted by Gasteiger charge is -2.34. The molecule has 1 aliphatic carbocycles. The highest BCUT2D eigenvalue weighted by Gasteiger charge is 2.28. The highest BCUT2D eigenvalue weighted by Crippen LogP contribution is 2.27. The Morgan fingerprint density at radius 1 is 1.16 bits per heavy atom. The van der Waals surface area contributed by atoms with Crippen LogP contribution in [0.5, 0.6) is 0 Å². The number of hydrogen-bond acceptors (Lipinski definition) is 2. The third-order valence-corrected chi connectivity index (χ3v) is 4.95. The fourth-order valence-corrected chi connectivity index (χ4v) is 3.43. The summed E-state index contributed by atoms with van der Waals surface area (Å²) in [4.78, 5) is 14.4. The average Bonchev–Trinajstić information content (AvgIpc) is 2.41. The van der Waals surface area contributed by atoms with Crippen LogP contribution in [0, 0.1) is 11.8 Å². The van der Waals surface area contributed by atoms with E-state index in [0.717, 1.165) is 31.8 Å². The predicted molar refractivity (Wildman–Crippen MR) is 81.4 cm³/mol. The molecular weight excluding hydrogens is 260 g/mol. The quantitative estimate of drug-likeness (QED) is 0.868. The van der Waals surface area contributed by atoms with Gasteiger partial charge >= 0.3 is 0 Å². The summed E-state index contributed by atoms with van der Waals surface area (Å²) in [6.07, 6.45) is 9.09. The van der Waals surface area contributed by atoms with Gasteiger partial charge in [0, 0.05) is 25.6 Å². The van der Waals surface area contributed by atoms with Gasteiger partial charge in [0.15, 0.2) is 0 Å². The molecule has 2 rings (SSSR count). The molecule has 0 aromatic rings. The third-order valence-electron chi connectivity index (χ3n) is 4.95. The zero-order valence-electron chi connectivity index (χ0n) is 12.1. The Morgan fingerprint density at radius 3 is 2.37 bits per heavy atom. The van der Waals surface area contributed by atoms with Gasteiger partial charge in [-0.2, -0.15) is 0 Å².